The fraction of sp³-hybridized carbons (Fsp3) is 0.588. The fourth-order valence-corrected chi connectivity index (χ4v) is 3.23. The lowest BCUT2D eigenvalue weighted by molar-refractivity contribution is -0.138. The number of piperazine rings is 1. The molecule has 23 heavy (non-hydrogen) atoms. The van der Waals surface area contributed by atoms with Gasteiger partial charge in [-0.2, -0.15) is 0 Å². The van der Waals surface area contributed by atoms with E-state index in [1.165, 1.54) is 5.56 Å². The Morgan fingerprint density at radius 1 is 1.09 bits per heavy atom. The first-order valence-electron chi connectivity index (χ1n) is 8.24. The molecule has 1 aromatic carbocycles. The van der Waals surface area contributed by atoms with Gasteiger partial charge in [0.1, 0.15) is 0 Å². The molecule has 2 saturated heterocycles. The topological polar surface area (TPSA) is 51.2 Å². The summed E-state index contributed by atoms with van der Waals surface area (Å²) in [5.41, 5.74) is 1.22. The highest BCUT2D eigenvalue weighted by atomic mass is 16.7. The number of hydrogen-bond donors (Lipinski definition) is 0. The second kappa shape index (κ2) is 6.37. The van der Waals surface area contributed by atoms with Gasteiger partial charge in [0, 0.05) is 45.1 Å². The summed E-state index contributed by atoms with van der Waals surface area (Å²) in [6.07, 6.45) is 0.641. The minimum absolute atomic E-state index is 0.279. The van der Waals surface area contributed by atoms with Gasteiger partial charge in [-0.3, -0.25) is 9.69 Å². The zero-order chi connectivity index (χ0) is 15.6. The van der Waals surface area contributed by atoms with Crippen LogP contribution in [-0.4, -0.2) is 61.9 Å². The number of carbonyl (C=O) groups excluding carboxylic acids is 1. The SMILES string of the molecule is O=C(CC1COC1)N1CCN(Cc2ccc3c(c2)OCO3)CC1. The average Bonchev–Trinajstić information content (AvgIpc) is 2.99. The van der Waals surface area contributed by atoms with Gasteiger partial charge in [-0.1, -0.05) is 6.07 Å². The summed E-state index contributed by atoms with van der Waals surface area (Å²) < 4.78 is 15.9. The van der Waals surface area contributed by atoms with Gasteiger partial charge in [0.2, 0.25) is 12.7 Å². The smallest absolute Gasteiger partial charge is 0.231 e. The lowest BCUT2D eigenvalue weighted by atomic mass is 10.0. The predicted octanol–water partition coefficient (Wildman–Crippen LogP) is 1.10. The lowest BCUT2D eigenvalue weighted by Crippen LogP contribution is -2.49. The monoisotopic (exact) mass is 318 g/mol. The molecule has 2 fully saturated rings. The van der Waals surface area contributed by atoms with E-state index in [-0.39, 0.29) is 5.91 Å². The van der Waals surface area contributed by atoms with Crippen molar-refractivity contribution < 1.29 is 19.0 Å². The largest absolute Gasteiger partial charge is 0.454 e. The fourth-order valence-electron chi connectivity index (χ4n) is 3.23. The number of fused-ring (bicyclic) bond motifs is 1. The van der Waals surface area contributed by atoms with Crippen molar-refractivity contribution >= 4 is 5.91 Å². The van der Waals surface area contributed by atoms with Crippen LogP contribution in [0.4, 0.5) is 0 Å². The third-order valence-electron chi connectivity index (χ3n) is 4.74. The number of hydrogen-bond acceptors (Lipinski definition) is 5. The lowest BCUT2D eigenvalue weighted by Gasteiger charge is -2.36. The summed E-state index contributed by atoms with van der Waals surface area (Å²) in [7, 11) is 0. The summed E-state index contributed by atoms with van der Waals surface area (Å²) in [4.78, 5) is 16.6. The molecule has 0 atom stereocenters. The molecule has 1 aromatic rings. The van der Waals surface area contributed by atoms with Crippen LogP contribution < -0.4 is 9.47 Å². The number of amides is 1. The van der Waals surface area contributed by atoms with Crippen molar-refractivity contribution in [1.82, 2.24) is 9.80 Å². The first-order valence-corrected chi connectivity index (χ1v) is 8.24. The van der Waals surface area contributed by atoms with E-state index in [2.05, 4.69) is 17.0 Å². The first-order chi connectivity index (χ1) is 11.3. The van der Waals surface area contributed by atoms with Crippen molar-refractivity contribution in [3.05, 3.63) is 23.8 Å². The Balaban J connectivity index is 1.27. The molecule has 0 N–H and O–H groups in total. The molecular formula is C17H22N2O4. The predicted molar refractivity (Wildman–Crippen MR) is 83.3 cm³/mol. The summed E-state index contributed by atoms with van der Waals surface area (Å²) in [5.74, 6) is 2.37. The van der Waals surface area contributed by atoms with Gasteiger partial charge in [0.15, 0.2) is 11.5 Å². The van der Waals surface area contributed by atoms with Gasteiger partial charge < -0.3 is 19.1 Å². The van der Waals surface area contributed by atoms with Crippen LogP contribution in [0.25, 0.3) is 0 Å². The number of benzene rings is 1. The highest BCUT2D eigenvalue weighted by Gasteiger charge is 2.27. The van der Waals surface area contributed by atoms with Gasteiger partial charge in [0.25, 0.3) is 0 Å². The van der Waals surface area contributed by atoms with Crippen molar-refractivity contribution in [1.29, 1.82) is 0 Å². The molecule has 4 rings (SSSR count). The molecule has 0 aromatic heterocycles. The second-order valence-electron chi connectivity index (χ2n) is 6.45. The van der Waals surface area contributed by atoms with E-state index in [1.807, 2.05) is 11.0 Å². The highest BCUT2D eigenvalue weighted by molar-refractivity contribution is 5.76. The Morgan fingerprint density at radius 2 is 1.87 bits per heavy atom. The van der Waals surface area contributed by atoms with Crippen molar-refractivity contribution in [2.24, 2.45) is 5.92 Å². The van der Waals surface area contributed by atoms with Crippen LogP contribution in [0.5, 0.6) is 11.5 Å². The third kappa shape index (κ3) is 3.28. The van der Waals surface area contributed by atoms with Crippen LogP contribution >= 0.6 is 0 Å². The molecule has 3 aliphatic rings. The van der Waals surface area contributed by atoms with Crippen LogP contribution in [-0.2, 0) is 16.1 Å². The van der Waals surface area contributed by atoms with Gasteiger partial charge in [-0.05, 0) is 17.7 Å². The van der Waals surface area contributed by atoms with Crippen LogP contribution in [0.1, 0.15) is 12.0 Å². The molecule has 0 spiro atoms. The van der Waals surface area contributed by atoms with Crippen LogP contribution in [0.15, 0.2) is 18.2 Å². The molecule has 124 valence electrons. The van der Waals surface area contributed by atoms with E-state index in [9.17, 15) is 4.79 Å². The van der Waals surface area contributed by atoms with E-state index in [0.717, 1.165) is 57.4 Å². The molecule has 0 saturated carbocycles. The molecular weight excluding hydrogens is 296 g/mol. The first kappa shape index (κ1) is 14.8. The molecule has 0 radical (unpaired) electrons. The summed E-state index contributed by atoms with van der Waals surface area (Å²) in [6.45, 7) is 6.16. The van der Waals surface area contributed by atoms with E-state index >= 15 is 0 Å². The van der Waals surface area contributed by atoms with Gasteiger partial charge >= 0.3 is 0 Å². The summed E-state index contributed by atoms with van der Waals surface area (Å²) >= 11 is 0. The van der Waals surface area contributed by atoms with Crippen LogP contribution in [0, 0.1) is 5.92 Å². The zero-order valence-electron chi connectivity index (χ0n) is 13.2. The van der Waals surface area contributed by atoms with E-state index in [0.29, 0.717) is 19.1 Å². The minimum Gasteiger partial charge on any atom is -0.454 e. The van der Waals surface area contributed by atoms with Gasteiger partial charge in [-0.15, -0.1) is 0 Å². The summed E-state index contributed by atoms with van der Waals surface area (Å²) in [5, 5.41) is 0. The second-order valence-corrected chi connectivity index (χ2v) is 6.45. The normalized spacial score (nSPS) is 21.3. The molecule has 3 heterocycles. The Bertz CT molecular complexity index is 580. The van der Waals surface area contributed by atoms with Crippen molar-refractivity contribution in [3.63, 3.8) is 0 Å². The van der Waals surface area contributed by atoms with Crippen molar-refractivity contribution in [2.75, 3.05) is 46.2 Å². The minimum atomic E-state index is 0.279. The number of nitrogens with zero attached hydrogens (tertiary/aromatic N) is 2. The van der Waals surface area contributed by atoms with Crippen molar-refractivity contribution in [3.8, 4) is 11.5 Å². The molecule has 0 unspecified atom stereocenters. The molecule has 6 heteroatoms. The Morgan fingerprint density at radius 3 is 2.61 bits per heavy atom. The van der Waals surface area contributed by atoms with E-state index in [4.69, 9.17) is 14.2 Å². The molecule has 0 bridgehead atoms. The Hall–Kier alpha value is -1.79. The van der Waals surface area contributed by atoms with Crippen molar-refractivity contribution in [2.45, 2.75) is 13.0 Å². The maximum absolute atomic E-state index is 12.2. The standard InChI is InChI=1S/C17H22N2O4/c20-17(8-14-10-21-11-14)19-5-3-18(4-6-19)9-13-1-2-15-16(7-13)23-12-22-15/h1-2,7,14H,3-6,8-12H2. The molecule has 0 aliphatic carbocycles. The highest BCUT2D eigenvalue weighted by Crippen LogP contribution is 2.32. The Kier molecular flexibility index (Phi) is 4.10. The number of ether oxygens (including phenoxy) is 3. The molecule has 1 amide bonds. The number of carbonyl (C=O) groups is 1. The molecule has 6 nitrogen and oxygen atoms in total. The quantitative estimate of drug-likeness (QED) is 0.832. The molecule has 3 aliphatic heterocycles. The zero-order valence-corrected chi connectivity index (χ0v) is 13.2. The Labute approximate surface area is 135 Å². The van der Waals surface area contributed by atoms with Gasteiger partial charge in [0.05, 0.1) is 13.2 Å². The van der Waals surface area contributed by atoms with E-state index < -0.39 is 0 Å². The third-order valence-corrected chi connectivity index (χ3v) is 4.74. The van der Waals surface area contributed by atoms with Gasteiger partial charge in [-0.25, -0.2) is 0 Å². The summed E-state index contributed by atoms with van der Waals surface area (Å²) in [6, 6.07) is 6.11. The number of rotatable bonds is 4. The van der Waals surface area contributed by atoms with Crippen LogP contribution in [0.3, 0.4) is 0 Å². The maximum Gasteiger partial charge on any atom is 0.231 e. The van der Waals surface area contributed by atoms with Crippen LogP contribution in [0.2, 0.25) is 0 Å². The average molecular weight is 318 g/mol. The van der Waals surface area contributed by atoms with E-state index in [1.54, 1.807) is 0 Å². The maximum atomic E-state index is 12.2.